The van der Waals surface area contributed by atoms with Gasteiger partial charge in [-0.05, 0) is 36.2 Å². The first-order chi connectivity index (χ1) is 10.7. The van der Waals surface area contributed by atoms with Gasteiger partial charge in [-0.25, -0.2) is 0 Å². The number of benzene rings is 1. The smallest absolute Gasteiger partial charge is 0.257 e. The summed E-state index contributed by atoms with van der Waals surface area (Å²) in [5.74, 6) is 0.297. The molecule has 0 aliphatic carbocycles. The lowest BCUT2D eigenvalue weighted by atomic mass is 10.1. The van der Waals surface area contributed by atoms with E-state index in [1.807, 2.05) is 24.3 Å². The number of pyridine rings is 1. The Morgan fingerprint density at radius 1 is 1.23 bits per heavy atom. The van der Waals surface area contributed by atoms with Crippen LogP contribution in [-0.2, 0) is 17.8 Å². The maximum atomic E-state index is 11.7. The highest BCUT2D eigenvalue weighted by Crippen LogP contribution is 2.10. The Hall–Kier alpha value is -2.11. The highest BCUT2D eigenvalue weighted by atomic mass is 35.5. The molecule has 2 aromatic rings. The first kappa shape index (κ1) is 16.3. The van der Waals surface area contributed by atoms with Gasteiger partial charge >= 0.3 is 0 Å². The van der Waals surface area contributed by atoms with E-state index in [0.717, 1.165) is 12.0 Å². The average Bonchev–Trinajstić information content (AvgIpc) is 2.55. The predicted octanol–water partition coefficient (Wildman–Crippen LogP) is 1.96. The molecule has 0 bridgehead atoms. The SMILES string of the molecule is O=C(COc1ccc(CO)nc1)NCCc1ccc(Cl)cc1. The molecule has 0 radical (unpaired) electrons. The molecule has 1 aromatic carbocycles. The van der Waals surface area contributed by atoms with Crippen molar-refractivity contribution < 1.29 is 14.6 Å². The molecule has 2 rings (SSSR count). The summed E-state index contributed by atoms with van der Waals surface area (Å²) in [5, 5.41) is 12.4. The third-order valence-corrected chi connectivity index (χ3v) is 3.23. The summed E-state index contributed by atoms with van der Waals surface area (Å²) in [4.78, 5) is 15.6. The van der Waals surface area contributed by atoms with Gasteiger partial charge < -0.3 is 15.2 Å². The van der Waals surface area contributed by atoms with E-state index >= 15 is 0 Å². The second-order valence-electron chi connectivity index (χ2n) is 4.66. The summed E-state index contributed by atoms with van der Waals surface area (Å²) in [6.45, 7) is 0.345. The third-order valence-electron chi connectivity index (χ3n) is 2.98. The number of aliphatic hydroxyl groups excluding tert-OH is 1. The molecular formula is C16H17ClN2O3. The molecule has 0 aliphatic rings. The zero-order valence-corrected chi connectivity index (χ0v) is 12.7. The second kappa shape index (κ2) is 8.36. The van der Waals surface area contributed by atoms with Crippen LogP contribution in [0.1, 0.15) is 11.3 Å². The van der Waals surface area contributed by atoms with Crippen LogP contribution in [0.25, 0.3) is 0 Å². The molecule has 1 aromatic heterocycles. The third kappa shape index (κ3) is 5.35. The van der Waals surface area contributed by atoms with Crippen LogP contribution >= 0.6 is 11.6 Å². The monoisotopic (exact) mass is 320 g/mol. The van der Waals surface area contributed by atoms with Crippen LogP contribution in [0, 0.1) is 0 Å². The maximum Gasteiger partial charge on any atom is 0.257 e. The molecule has 0 fully saturated rings. The largest absolute Gasteiger partial charge is 0.482 e. The van der Waals surface area contributed by atoms with Crippen molar-refractivity contribution in [2.75, 3.05) is 13.2 Å². The molecule has 0 unspecified atom stereocenters. The van der Waals surface area contributed by atoms with Crippen molar-refractivity contribution in [3.8, 4) is 5.75 Å². The molecule has 0 spiro atoms. The number of carbonyl (C=O) groups is 1. The van der Waals surface area contributed by atoms with Crippen molar-refractivity contribution in [3.05, 3.63) is 58.9 Å². The number of ether oxygens (including phenoxy) is 1. The Bertz CT molecular complexity index is 600. The van der Waals surface area contributed by atoms with Crippen LogP contribution < -0.4 is 10.1 Å². The summed E-state index contributed by atoms with van der Waals surface area (Å²) < 4.78 is 5.31. The van der Waals surface area contributed by atoms with Gasteiger partial charge in [-0.2, -0.15) is 0 Å². The molecule has 0 saturated heterocycles. The summed E-state index contributed by atoms with van der Waals surface area (Å²) in [6, 6.07) is 10.8. The molecule has 1 amide bonds. The molecule has 0 saturated carbocycles. The van der Waals surface area contributed by atoms with Gasteiger partial charge in [0.15, 0.2) is 6.61 Å². The highest BCUT2D eigenvalue weighted by Gasteiger charge is 2.03. The van der Waals surface area contributed by atoms with E-state index < -0.39 is 0 Å². The fourth-order valence-corrected chi connectivity index (χ4v) is 1.91. The van der Waals surface area contributed by atoms with Gasteiger partial charge in [0.2, 0.25) is 0 Å². The molecule has 6 heteroatoms. The summed E-state index contributed by atoms with van der Waals surface area (Å²) in [5.41, 5.74) is 1.66. The van der Waals surface area contributed by atoms with Crippen molar-refractivity contribution in [2.24, 2.45) is 0 Å². The zero-order chi connectivity index (χ0) is 15.8. The van der Waals surface area contributed by atoms with Gasteiger partial charge in [0.05, 0.1) is 18.5 Å². The topological polar surface area (TPSA) is 71.5 Å². The van der Waals surface area contributed by atoms with E-state index in [0.29, 0.717) is 23.0 Å². The van der Waals surface area contributed by atoms with Crippen LogP contribution in [0.5, 0.6) is 5.75 Å². The molecule has 1 heterocycles. The van der Waals surface area contributed by atoms with Gasteiger partial charge in [0, 0.05) is 11.6 Å². The quantitative estimate of drug-likeness (QED) is 0.818. The van der Waals surface area contributed by atoms with E-state index in [2.05, 4.69) is 10.3 Å². The first-order valence-electron chi connectivity index (χ1n) is 6.87. The fraction of sp³-hybridized carbons (Fsp3) is 0.250. The number of aromatic nitrogens is 1. The molecule has 2 N–H and O–H groups in total. The Kier molecular flexibility index (Phi) is 6.18. The number of halogens is 1. The van der Waals surface area contributed by atoms with Crippen molar-refractivity contribution in [1.29, 1.82) is 0 Å². The number of amides is 1. The second-order valence-corrected chi connectivity index (χ2v) is 5.09. The van der Waals surface area contributed by atoms with E-state index in [1.54, 1.807) is 12.1 Å². The number of rotatable bonds is 7. The Morgan fingerprint density at radius 2 is 2.00 bits per heavy atom. The minimum absolute atomic E-state index is 0.0687. The number of aliphatic hydroxyl groups is 1. The minimum atomic E-state index is -0.194. The van der Waals surface area contributed by atoms with Crippen LogP contribution in [0.3, 0.4) is 0 Å². The number of nitrogens with one attached hydrogen (secondary N) is 1. The van der Waals surface area contributed by atoms with Crippen LogP contribution in [0.4, 0.5) is 0 Å². The van der Waals surface area contributed by atoms with Crippen molar-refractivity contribution in [3.63, 3.8) is 0 Å². The Morgan fingerprint density at radius 3 is 2.64 bits per heavy atom. The van der Waals surface area contributed by atoms with Gasteiger partial charge in [0.25, 0.3) is 5.91 Å². The van der Waals surface area contributed by atoms with Gasteiger partial charge in [0.1, 0.15) is 5.75 Å². The van der Waals surface area contributed by atoms with Gasteiger partial charge in [-0.15, -0.1) is 0 Å². The predicted molar refractivity (Wildman–Crippen MR) is 83.8 cm³/mol. The first-order valence-corrected chi connectivity index (χ1v) is 7.25. The van der Waals surface area contributed by atoms with E-state index in [1.165, 1.54) is 6.20 Å². The van der Waals surface area contributed by atoms with E-state index in [4.69, 9.17) is 21.4 Å². The standard InChI is InChI=1S/C16H17ClN2O3/c17-13-3-1-12(2-4-13)7-8-18-16(21)11-22-15-6-5-14(10-20)19-9-15/h1-6,9,20H,7-8,10-11H2,(H,18,21). The van der Waals surface area contributed by atoms with E-state index in [9.17, 15) is 4.79 Å². The molecule has 22 heavy (non-hydrogen) atoms. The average molecular weight is 321 g/mol. The van der Waals surface area contributed by atoms with Crippen LogP contribution in [0.15, 0.2) is 42.6 Å². The van der Waals surface area contributed by atoms with Crippen LogP contribution in [0.2, 0.25) is 5.02 Å². The van der Waals surface area contributed by atoms with Crippen LogP contribution in [-0.4, -0.2) is 29.1 Å². The number of hydrogen-bond donors (Lipinski definition) is 2. The Balaban J connectivity index is 1.68. The van der Waals surface area contributed by atoms with Gasteiger partial charge in [-0.3, -0.25) is 9.78 Å². The van der Waals surface area contributed by atoms with Crippen molar-refractivity contribution in [1.82, 2.24) is 10.3 Å². The lowest BCUT2D eigenvalue weighted by Crippen LogP contribution is -2.30. The highest BCUT2D eigenvalue weighted by molar-refractivity contribution is 6.30. The lowest BCUT2D eigenvalue weighted by Gasteiger charge is -2.07. The number of hydrogen-bond acceptors (Lipinski definition) is 4. The van der Waals surface area contributed by atoms with Gasteiger partial charge in [-0.1, -0.05) is 23.7 Å². The lowest BCUT2D eigenvalue weighted by molar-refractivity contribution is -0.123. The summed E-state index contributed by atoms with van der Waals surface area (Å²) >= 11 is 5.81. The zero-order valence-electron chi connectivity index (χ0n) is 12.0. The van der Waals surface area contributed by atoms with Crippen molar-refractivity contribution in [2.45, 2.75) is 13.0 Å². The number of nitrogens with zero attached hydrogens (tertiary/aromatic N) is 1. The molecule has 0 aliphatic heterocycles. The number of carbonyl (C=O) groups excluding carboxylic acids is 1. The summed E-state index contributed by atoms with van der Waals surface area (Å²) in [6.07, 6.45) is 2.21. The summed E-state index contributed by atoms with van der Waals surface area (Å²) in [7, 11) is 0. The molecule has 0 atom stereocenters. The fourth-order valence-electron chi connectivity index (χ4n) is 1.79. The molecule has 116 valence electrons. The van der Waals surface area contributed by atoms with E-state index in [-0.39, 0.29) is 19.1 Å². The molecule has 5 nitrogen and oxygen atoms in total. The minimum Gasteiger partial charge on any atom is -0.482 e. The maximum absolute atomic E-state index is 11.7. The van der Waals surface area contributed by atoms with Crippen molar-refractivity contribution >= 4 is 17.5 Å². The Labute approximate surface area is 133 Å². The normalized spacial score (nSPS) is 10.3. The molecular weight excluding hydrogens is 304 g/mol.